The molecular formula is C10H14N2O. The van der Waals surface area contributed by atoms with E-state index in [4.69, 9.17) is 4.74 Å². The second-order valence-corrected chi connectivity index (χ2v) is 3.32. The summed E-state index contributed by atoms with van der Waals surface area (Å²) >= 11 is 0. The Morgan fingerprint density at radius 2 is 2.54 bits per heavy atom. The number of hydrogen-bond acceptors (Lipinski definition) is 3. The Bertz CT molecular complexity index is 246. The molecule has 2 heterocycles. The third-order valence-electron chi connectivity index (χ3n) is 2.24. The van der Waals surface area contributed by atoms with E-state index in [0.717, 1.165) is 18.7 Å². The SMILES string of the molecule is c1cncc(COCC2CCN2)c1. The predicted octanol–water partition coefficient (Wildman–Crippen LogP) is 0.960. The zero-order chi connectivity index (χ0) is 8.93. The van der Waals surface area contributed by atoms with Crippen LogP contribution in [0.5, 0.6) is 0 Å². The fraction of sp³-hybridized carbons (Fsp3) is 0.500. The summed E-state index contributed by atoms with van der Waals surface area (Å²) in [5.74, 6) is 0. The second kappa shape index (κ2) is 4.35. The molecule has 1 aromatic rings. The lowest BCUT2D eigenvalue weighted by atomic mass is 10.1. The molecule has 3 heteroatoms. The molecule has 1 fully saturated rings. The van der Waals surface area contributed by atoms with Crippen LogP contribution in [0.4, 0.5) is 0 Å². The van der Waals surface area contributed by atoms with Gasteiger partial charge in [-0.3, -0.25) is 4.98 Å². The molecule has 1 aliphatic heterocycles. The maximum atomic E-state index is 5.52. The smallest absolute Gasteiger partial charge is 0.0732 e. The summed E-state index contributed by atoms with van der Waals surface area (Å²) in [6.07, 6.45) is 4.86. The van der Waals surface area contributed by atoms with E-state index in [1.807, 2.05) is 18.3 Å². The van der Waals surface area contributed by atoms with Crippen LogP contribution in [0.1, 0.15) is 12.0 Å². The lowest BCUT2D eigenvalue weighted by Gasteiger charge is -2.27. The highest BCUT2D eigenvalue weighted by molar-refractivity contribution is 5.06. The van der Waals surface area contributed by atoms with Crippen LogP contribution in [0.15, 0.2) is 24.5 Å². The molecular weight excluding hydrogens is 164 g/mol. The molecule has 1 saturated heterocycles. The number of nitrogens with one attached hydrogen (secondary N) is 1. The van der Waals surface area contributed by atoms with E-state index in [-0.39, 0.29) is 0 Å². The molecule has 0 aliphatic carbocycles. The number of ether oxygens (including phenoxy) is 1. The first kappa shape index (κ1) is 8.66. The van der Waals surface area contributed by atoms with Gasteiger partial charge in [0.05, 0.1) is 13.2 Å². The minimum atomic E-state index is 0.580. The number of nitrogens with zero attached hydrogens (tertiary/aromatic N) is 1. The normalized spacial score (nSPS) is 21.1. The van der Waals surface area contributed by atoms with Crippen molar-refractivity contribution in [1.82, 2.24) is 10.3 Å². The molecule has 1 N–H and O–H groups in total. The topological polar surface area (TPSA) is 34.1 Å². The molecule has 0 amide bonds. The standard InChI is InChI=1S/C10H14N2O/c1-2-9(6-11-4-1)7-13-8-10-3-5-12-10/h1-2,4,6,10,12H,3,5,7-8H2. The van der Waals surface area contributed by atoms with Crippen LogP contribution >= 0.6 is 0 Å². The Morgan fingerprint density at radius 1 is 1.62 bits per heavy atom. The highest BCUT2D eigenvalue weighted by Gasteiger charge is 2.15. The molecule has 1 aliphatic rings. The van der Waals surface area contributed by atoms with Gasteiger partial charge < -0.3 is 10.1 Å². The van der Waals surface area contributed by atoms with Crippen LogP contribution in [0.25, 0.3) is 0 Å². The van der Waals surface area contributed by atoms with Crippen molar-refractivity contribution in [1.29, 1.82) is 0 Å². The molecule has 2 rings (SSSR count). The molecule has 3 nitrogen and oxygen atoms in total. The number of pyridine rings is 1. The fourth-order valence-corrected chi connectivity index (χ4v) is 1.29. The Balaban J connectivity index is 1.67. The van der Waals surface area contributed by atoms with Crippen molar-refractivity contribution in [2.24, 2.45) is 0 Å². The van der Waals surface area contributed by atoms with Gasteiger partial charge in [0.15, 0.2) is 0 Å². The predicted molar refractivity (Wildman–Crippen MR) is 50.3 cm³/mol. The molecule has 1 atom stereocenters. The summed E-state index contributed by atoms with van der Waals surface area (Å²) < 4.78 is 5.52. The largest absolute Gasteiger partial charge is 0.375 e. The first-order valence-corrected chi connectivity index (χ1v) is 4.65. The van der Waals surface area contributed by atoms with Gasteiger partial charge in [0.1, 0.15) is 0 Å². The first-order chi connectivity index (χ1) is 6.45. The van der Waals surface area contributed by atoms with Gasteiger partial charge in [-0.15, -0.1) is 0 Å². The maximum absolute atomic E-state index is 5.52. The molecule has 1 aromatic heterocycles. The van der Waals surface area contributed by atoms with E-state index in [0.29, 0.717) is 12.6 Å². The van der Waals surface area contributed by atoms with Crippen molar-refractivity contribution in [2.45, 2.75) is 19.1 Å². The second-order valence-electron chi connectivity index (χ2n) is 3.32. The Morgan fingerprint density at radius 3 is 3.15 bits per heavy atom. The third kappa shape index (κ3) is 2.50. The molecule has 13 heavy (non-hydrogen) atoms. The molecule has 70 valence electrons. The van der Waals surface area contributed by atoms with E-state index in [1.165, 1.54) is 6.42 Å². The molecule has 0 spiro atoms. The van der Waals surface area contributed by atoms with Crippen molar-refractivity contribution in [2.75, 3.05) is 13.2 Å². The van der Waals surface area contributed by atoms with Crippen LogP contribution in [0, 0.1) is 0 Å². The Labute approximate surface area is 78.1 Å². The summed E-state index contributed by atoms with van der Waals surface area (Å²) in [5, 5.41) is 3.29. The Hall–Kier alpha value is -0.930. The van der Waals surface area contributed by atoms with Gasteiger partial charge in [-0.2, -0.15) is 0 Å². The first-order valence-electron chi connectivity index (χ1n) is 4.65. The van der Waals surface area contributed by atoms with Crippen molar-refractivity contribution in [3.8, 4) is 0 Å². The van der Waals surface area contributed by atoms with Crippen molar-refractivity contribution in [3.63, 3.8) is 0 Å². The number of hydrogen-bond donors (Lipinski definition) is 1. The summed E-state index contributed by atoms with van der Waals surface area (Å²) in [6, 6.07) is 4.54. The quantitative estimate of drug-likeness (QED) is 0.745. The Kier molecular flexibility index (Phi) is 2.90. The van der Waals surface area contributed by atoms with Crippen LogP contribution in [-0.4, -0.2) is 24.2 Å². The van der Waals surface area contributed by atoms with E-state index in [9.17, 15) is 0 Å². The average molecular weight is 178 g/mol. The van der Waals surface area contributed by atoms with E-state index < -0.39 is 0 Å². The van der Waals surface area contributed by atoms with Crippen LogP contribution in [0.2, 0.25) is 0 Å². The highest BCUT2D eigenvalue weighted by atomic mass is 16.5. The lowest BCUT2D eigenvalue weighted by Crippen LogP contribution is -2.45. The molecule has 0 aromatic carbocycles. The highest BCUT2D eigenvalue weighted by Crippen LogP contribution is 2.04. The van der Waals surface area contributed by atoms with Gasteiger partial charge in [0, 0.05) is 18.4 Å². The summed E-state index contributed by atoms with van der Waals surface area (Å²) in [6.45, 7) is 2.63. The van der Waals surface area contributed by atoms with Crippen LogP contribution < -0.4 is 5.32 Å². The summed E-state index contributed by atoms with van der Waals surface area (Å²) in [7, 11) is 0. The maximum Gasteiger partial charge on any atom is 0.0732 e. The fourth-order valence-electron chi connectivity index (χ4n) is 1.29. The van der Waals surface area contributed by atoms with Gasteiger partial charge in [-0.1, -0.05) is 6.07 Å². The van der Waals surface area contributed by atoms with Crippen LogP contribution in [-0.2, 0) is 11.3 Å². The van der Waals surface area contributed by atoms with Gasteiger partial charge in [0.25, 0.3) is 0 Å². The van der Waals surface area contributed by atoms with Gasteiger partial charge in [-0.05, 0) is 24.6 Å². The minimum Gasteiger partial charge on any atom is -0.375 e. The minimum absolute atomic E-state index is 0.580. The zero-order valence-electron chi connectivity index (χ0n) is 7.57. The van der Waals surface area contributed by atoms with Crippen molar-refractivity contribution >= 4 is 0 Å². The molecule has 1 unspecified atom stereocenters. The number of aromatic nitrogens is 1. The number of rotatable bonds is 4. The van der Waals surface area contributed by atoms with Gasteiger partial charge in [0.2, 0.25) is 0 Å². The molecule has 0 bridgehead atoms. The third-order valence-corrected chi connectivity index (χ3v) is 2.24. The van der Waals surface area contributed by atoms with E-state index in [1.54, 1.807) is 6.20 Å². The van der Waals surface area contributed by atoms with Gasteiger partial charge in [-0.25, -0.2) is 0 Å². The van der Waals surface area contributed by atoms with E-state index >= 15 is 0 Å². The van der Waals surface area contributed by atoms with E-state index in [2.05, 4.69) is 10.3 Å². The summed E-state index contributed by atoms with van der Waals surface area (Å²) in [4.78, 5) is 4.02. The lowest BCUT2D eigenvalue weighted by molar-refractivity contribution is 0.0806. The summed E-state index contributed by atoms with van der Waals surface area (Å²) in [5.41, 5.74) is 1.14. The molecule has 0 radical (unpaired) electrons. The van der Waals surface area contributed by atoms with Crippen molar-refractivity contribution < 1.29 is 4.74 Å². The average Bonchev–Trinajstić information content (AvgIpc) is 2.11. The monoisotopic (exact) mass is 178 g/mol. The van der Waals surface area contributed by atoms with Crippen molar-refractivity contribution in [3.05, 3.63) is 30.1 Å². The van der Waals surface area contributed by atoms with Crippen LogP contribution in [0.3, 0.4) is 0 Å². The molecule has 0 saturated carbocycles. The van der Waals surface area contributed by atoms with Gasteiger partial charge >= 0.3 is 0 Å². The zero-order valence-corrected chi connectivity index (χ0v) is 7.57.